The van der Waals surface area contributed by atoms with E-state index in [-0.39, 0.29) is 37.7 Å². The molecule has 0 aliphatic carbocycles. The van der Waals surface area contributed by atoms with Crippen LogP contribution in [0.4, 0.5) is 11.4 Å². The van der Waals surface area contributed by atoms with E-state index in [1.165, 1.54) is 38.1 Å². The molecule has 0 unspecified atom stereocenters. The third-order valence-electron chi connectivity index (χ3n) is 3.00. The van der Waals surface area contributed by atoms with Gasteiger partial charge in [-0.2, -0.15) is 0 Å². The van der Waals surface area contributed by atoms with Crippen molar-refractivity contribution < 1.29 is 42.4 Å². The summed E-state index contributed by atoms with van der Waals surface area (Å²) < 4.78 is 64.2. The summed E-state index contributed by atoms with van der Waals surface area (Å²) in [4.78, 5) is -0.799. The third kappa shape index (κ3) is 7.11. The first-order valence-electron chi connectivity index (χ1n) is 6.67. The molecule has 0 aliphatic heterocycles. The fourth-order valence-electron chi connectivity index (χ4n) is 2.15. The van der Waals surface area contributed by atoms with Crippen molar-refractivity contribution in [1.29, 1.82) is 0 Å². The second-order valence-corrected chi connectivity index (χ2v) is 8.65. The monoisotopic (exact) mass is 498 g/mol. The van der Waals surface area contributed by atoms with Crippen LogP contribution < -0.4 is 11.5 Å². The van der Waals surface area contributed by atoms with Crippen LogP contribution in [0, 0.1) is 13.8 Å². The predicted molar refractivity (Wildman–Crippen MR) is 97.1 cm³/mol. The van der Waals surface area contributed by atoms with E-state index in [9.17, 15) is 25.9 Å². The van der Waals surface area contributed by atoms with Gasteiger partial charge in [-0.05, 0) is 49.2 Å². The maximum absolute atomic E-state index is 10.7. The molecule has 0 aliphatic rings. The Morgan fingerprint density at radius 1 is 0.741 bits per heavy atom. The zero-order valence-corrected chi connectivity index (χ0v) is 17.9. The summed E-state index contributed by atoms with van der Waals surface area (Å²) in [5.74, 6) is 0. The average Bonchev–Trinajstić information content (AvgIpc) is 2.32. The first-order chi connectivity index (χ1) is 11.6. The molecule has 13 heteroatoms. The van der Waals surface area contributed by atoms with Crippen LogP contribution >= 0.6 is 23.2 Å². The number of hydrogen-bond donors (Lipinski definition) is 2. The van der Waals surface area contributed by atoms with Gasteiger partial charge < -0.3 is 20.6 Å². The van der Waals surface area contributed by atoms with Crippen molar-refractivity contribution in [1.82, 2.24) is 0 Å². The normalized spacial score (nSPS) is 11.2. The quantitative estimate of drug-likeness (QED) is 0.360. The van der Waals surface area contributed by atoms with Gasteiger partial charge in [-0.15, -0.1) is 0 Å². The van der Waals surface area contributed by atoms with Gasteiger partial charge in [-0.1, -0.05) is 23.2 Å². The van der Waals surface area contributed by atoms with Crippen molar-refractivity contribution in [2.45, 2.75) is 23.6 Å². The number of rotatable bonds is 2. The molecule has 0 atom stereocenters. The Kier molecular flexibility index (Phi) is 9.05. The summed E-state index contributed by atoms with van der Waals surface area (Å²) in [7, 11) is -9.04. The summed E-state index contributed by atoms with van der Waals surface area (Å²) >= 11 is 11.1. The Bertz CT molecular complexity index is 928. The van der Waals surface area contributed by atoms with Crippen molar-refractivity contribution >= 4 is 54.8 Å². The van der Waals surface area contributed by atoms with Gasteiger partial charge in [0.15, 0.2) is 0 Å². The summed E-state index contributed by atoms with van der Waals surface area (Å²) in [6.45, 7) is 2.93. The zero-order valence-electron chi connectivity index (χ0n) is 13.8. The molecule has 0 bridgehead atoms. The van der Waals surface area contributed by atoms with E-state index in [0.29, 0.717) is 11.4 Å². The molecule has 0 aromatic heterocycles. The minimum absolute atomic E-state index is 0. The molecule has 0 saturated heterocycles. The molecule has 4 N–H and O–H groups in total. The van der Waals surface area contributed by atoms with E-state index in [2.05, 4.69) is 0 Å². The second kappa shape index (κ2) is 9.42. The molecule has 0 amide bonds. The fourth-order valence-corrected chi connectivity index (χ4v) is 4.77. The minimum atomic E-state index is -4.52. The zero-order chi connectivity index (χ0) is 20.4. The molecule has 2 aromatic carbocycles. The van der Waals surface area contributed by atoms with Gasteiger partial charge in [0.2, 0.25) is 0 Å². The molecule has 0 radical (unpaired) electrons. The Morgan fingerprint density at radius 2 is 1.00 bits per heavy atom. The molecule has 2 aromatic rings. The Labute approximate surface area is 177 Å². The minimum Gasteiger partial charge on any atom is -0.744 e. The summed E-state index contributed by atoms with van der Waals surface area (Å²) in [6, 6.07) is 5.24. The summed E-state index contributed by atoms with van der Waals surface area (Å²) in [6.07, 6.45) is 0. The molecule has 0 fully saturated rings. The van der Waals surface area contributed by atoms with Crippen LogP contribution in [0.1, 0.15) is 11.1 Å². The number of anilines is 2. The number of aryl methyl sites for hydroxylation is 2. The van der Waals surface area contributed by atoms with E-state index in [1.807, 2.05) is 0 Å². The van der Waals surface area contributed by atoms with E-state index >= 15 is 0 Å². The smallest absolute Gasteiger partial charge is 0.744 e. The SMILES string of the molecule is Cc1cc(N)cc(Cl)c1S(=O)(=O)[O-].Cc1cc(N)cc(Cl)c1S(=O)(=O)[O-].[Ni+2]. The third-order valence-corrected chi connectivity index (χ3v) is 5.91. The van der Waals surface area contributed by atoms with E-state index < -0.39 is 30.0 Å². The largest absolute Gasteiger partial charge is 2.00 e. The van der Waals surface area contributed by atoms with Crippen LogP contribution in [0.2, 0.25) is 10.0 Å². The molecule has 8 nitrogen and oxygen atoms in total. The van der Waals surface area contributed by atoms with Crippen molar-refractivity contribution in [2.75, 3.05) is 11.5 Å². The van der Waals surface area contributed by atoms with E-state index in [0.717, 1.165) is 0 Å². The molecular formula is C14H14Cl2N2NiO6S2. The summed E-state index contributed by atoms with van der Waals surface area (Å²) in [5, 5.41) is -0.264. The number of nitrogen functional groups attached to an aromatic ring is 2. The Balaban J connectivity index is 0.000000483. The van der Waals surface area contributed by atoms with Crippen molar-refractivity contribution in [2.24, 2.45) is 0 Å². The first-order valence-corrected chi connectivity index (χ1v) is 10.2. The standard InChI is InChI=1S/2C7H8ClNO3S.Ni/c2*1-4-2-5(9)3-6(8)7(4)13(10,11)12;/h2*2-3H,9H2,1H3,(H,10,11,12);/q;;+2/p-2. The van der Waals surface area contributed by atoms with Crippen LogP contribution in [-0.4, -0.2) is 25.9 Å². The van der Waals surface area contributed by atoms with Gasteiger partial charge in [0, 0.05) is 11.4 Å². The van der Waals surface area contributed by atoms with Crippen LogP contribution in [0.5, 0.6) is 0 Å². The summed E-state index contributed by atoms with van der Waals surface area (Å²) in [5.41, 5.74) is 12.0. The van der Waals surface area contributed by atoms with Gasteiger partial charge in [0.1, 0.15) is 20.2 Å². The maximum atomic E-state index is 10.7. The van der Waals surface area contributed by atoms with Gasteiger partial charge in [0.25, 0.3) is 0 Å². The van der Waals surface area contributed by atoms with Crippen LogP contribution in [0.3, 0.4) is 0 Å². The van der Waals surface area contributed by atoms with Gasteiger partial charge in [-0.3, -0.25) is 0 Å². The van der Waals surface area contributed by atoms with Crippen LogP contribution in [0.25, 0.3) is 0 Å². The Morgan fingerprint density at radius 3 is 1.19 bits per heavy atom. The van der Waals surface area contributed by atoms with Gasteiger partial charge in [0.05, 0.1) is 19.8 Å². The number of benzene rings is 2. The van der Waals surface area contributed by atoms with E-state index in [1.54, 1.807) is 0 Å². The van der Waals surface area contributed by atoms with Crippen molar-refractivity contribution in [3.8, 4) is 0 Å². The number of nitrogens with two attached hydrogens (primary N) is 2. The van der Waals surface area contributed by atoms with Gasteiger partial charge in [-0.25, -0.2) is 16.8 Å². The van der Waals surface area contributed by atoms with Crippen molar-refractivity contribution in [3.63, 3.8) is 0 Å². The van der Waals surface area contributed by atoms with E-state index in [4.69, 9.17) is 34.7 Å². The van der Waals surface area contributed by atoms with Crippen LogP contribution in [-0.2, 0) is 36.7 Å². The fraction of sp³-hybridized carbons (Fsp3) is 0.143. The number of hydrogen-bond acceptors (Lipinski definition) is 8. The molecule has 27 heavy (non-hydrogen) atoms. The molecule has 0 heterocycles. The first kappa shape index (κ1) is 25.9. The maximum Gasteiger partial charge on any atom is 2.00 e. The molecule has 0 saturated carbocycles. The van der Waals surface area contributed by atoms with Crippen LogP contribution in [0.15, 0.2) is 34.1 Å². The van der Waals surface area contributed by atoms with Gasteiger partial charge >= 0.3 is 16.5 Å². The van der Waals surface area contributed by atoms with Crippen molar-refractivity contribution in [3.05, 3.63) is 45.4 Å². The molecular weight excluding hydrogens is 486 g/mol. The second-order valence-electron chi connectivity index (χ2n) is 5.21. The molecule has 2 rings (SSSR count). The Hall–Kier alpha value is -1.07. The predicted octanol–water partition coefficient (Wildman–Crippen LogP) is 2.27. The topological polar surface area (TPSA) is 166 Å². The average molecular weight is 500 g/mol. The molecule has 0 spiro atoms. The number of halogens is 2. The molecule has 152 valence electrons.